The molecule has 20 heavy (non-hydrogen) atoms. The lowest BCUT2D eigenvalue weighted by Crippen LogP contribution is -2.40. The Kier molecular flexibility index (Phi) is 6.98. The van der Waals surface area contributed by atoms with E-state index in [1.54, 1.807) is 25.3 Å². The molecule has 3 N–H and O–H groups in total. The molecule has 0 unspecified atom stereocenters. The molecule has 1 aromatic rings. The molecule has 0 aliphatic heterocycles. The molecule has 112 valence electrons. The maximum absolute atomic E-state index is 12.1. The van der Waals surface area contributed by atoms with Crippen LogP contribution in [-0.2, 0) is 9.53 Å². The van der Waals surface area contributed by atoms with Gasteiger partial charge in [-0.3, -0.25) is 9.69 Å². The summed E-state index contributed by atoms with van der Waals surface area (Å²) in [5.74, 6) is -0.0553. The summed E-state index contributed by atoms with van der Waals surface area (Å²) in [5, 5.41) is 2.88. The Morgan fingerprint density at radius 2 is 2.20 bits per heavy atom. The number of ether oxygens (including phenoxy) is 1. The minimum atomic E-state index is -0.0553. The van der Waals surface area contributed by atoms with Gasteiger partial charge in [0.1, 0.15) is 0 Å². The Balaban J connectivity index is 2.61. The van der Waals surface area contributed by atoms with Gasteiger partial charge in [-0.15, -0.1) is 0 Å². The lowest BCUT2D eigenvalue weighted by molar-refractivity contribution is -0.117. The second-order valence-electron chi connectivity index (χ2n) is 4.84. The fourth-order valence-electron chi connectivity index (χ4n) is 1.74. The van der Waals surface area contributed by atoms with Crippen molar-refractivity contribution in [3.63, 3.8) is 0 Å². The lowest BCUT2D eigenvalue weighted by atomic mass is 10.2. The average Bonchev–Trinajstić information content (AvgIpc) is 2.37. The van der Waals surface area contributed by atoms with Crippen LogP contribution in [0.1, 0.15) is 13.8 Å². The highest BCUT2D eigenvalue weighted by atomic mass is 79.9. The van der Waals surface area contributed by atoms with E-state index in [1.807, 2.05) is 0 Å². The van der Waals surface area contributed by atoms with Crippen LogP contribution in [0, 0.1) is 0 Å². The number of halogens is 1. The molecule has 1 rings (SSSR count). The van der Waals surface area contributed by atoms with Gasteiger partial charge in [-0.2, -0.15) is 0 Å². The number of hydrogen-bond donors (Lipinski definition) is 2. The third-order valence-corrected chi connectivity index (χ3v) is 3.58. The molecule has 0 bridgehead atoms. The van der Waals surface area contributed by atoms with Gasteiger partial charge in [0.15, 0.2) is 0 Å². The molecule has 0 radical (unpaired) electrons. The van der Waals surface area contributed by atoms with Gasteiger partial charge in [-0.1, -0.05) is 0 Å². The minimum absolute atomic E-state index is 0.0553. The third kappa shape index (κ3) is 5.48. The summed E-state index contributed by atoms with van der Waals surface area (Å²) in [6.45, 7) is 5.78. The smallest absolute Gasteiger partial charge is 0.238 e. The highest BCUT2D eigenvalue weighted by Crippen LogP contribution is 2.24. The van der Waals surface area contributed by atoms with Crippen molar-refractivity contribution in [2.45, 2.75) is 19.9 Å². The normalized spacial score (nSPS) is 11.1. The van der Waals surface area contributed by atoms with Crippen LogP contribution in [0.2, 0.25) is 0 Å². The molecule has 0 aliphatic rings. The highest BCUT2D eigenvalue weighted by molar-refractivity contribution is 9.10. The summed E-state index contributed by atoms with van der Waals surface area (Å²) in [5.41, 5.74) is 7.04. The number of methoxy groups -OCH3 is 1. The Hall–Kier alpha value is -1.11. The first kappa shape index (κ1) is 16.9. The summed E-state index contributed by atoms with van der Waals surface area (Å²) in [4.78, 5) is 14.1. The molecule has 0 heterocycles. The van der Waals surface area contributed by atoms with Gasteiger partial charge in [-0.05, 0) is 48.0 Å². The Bertz CT molecular complexity index is 452. The van der Waals surface area contributed by atoms with E-state index in [2.05, 4.69) is 40.0 Å². The third-order valence-electron chi connectivity index (χ3n) is 2.93. The first-order valence-electron chi connectivity index (χ1n) is 6.52. The molecule has 6 heteroatoms. The highest BCUT2D eigenvalue weighted by Gasteiger charge is 2.14. The topological polar surface area (TPSA) is 67.6 Å². The summed E-state index contributed by atoms with van der Waals surface area (Å²) in [6.07, 6.45) is 0. The van der Waals surface area contributed by atoms with Crippen LogP contribution in [0.15, 0.2) is 22.7 Å². The van der Waals surface area contributed by atoms with Crippen molar-refractivity contribution in [1.82, 2.24) is 4.90 Å². The fraction of sp³-hybridized carbons (Fsp3) is 0.500. The standard InChI is InChI=1S/C14H22BrN3O2/c1-10(2)18(6-7-20-3)9-14(19)17-13-5-4-11(16)8-12(13)15/h4-5,8,10H,6-7,9,16H2,1-3H3,(H,17,19). The SMILES string of the molecule is COCCN(CC(=O)Nc1ccc(N)cc1Br)C(C)C. The number of carbonyl (C=O) groups is 1. The van der Waals surface area contributed by atoms with Gasteiger partial charge < -0.3 is 15.8 Å². The van der Waals surface area contributed by atoms with Crippen molar-refractivity contribution in [3.05, 3.63) is 22.7 Å². The molecule has 0 saturated carbocycles. The van der Waals surface area contributed by atoms with E-state index in [-0.39, 0.29) is 11.9 Å². The number of carbonyl (C=O) groups excluding carboxylic acids is 1. The monoisotopic (exact) mass is 343 g/mol. The van der Waals surface area contributed by atoms with Crippen LogP contribution < -0.4 is 11.1 Å². The zero-order chi connectivity index (χ0) is 15.1. The van der Waals surface area contributed by atoms with Crippen LogP contribution >= 0.6 is 15.9 Å². The van der Waals surface area contributed by atoms with Crippen molar-refractivity contribution in [2.24, 2.45) is 0 Å². The maximum atomic E-state index is 12.1. The number of nitrogens with zero attached hydrogens (tertiary/aromatic N) is 1. The number of anilines is 2. The van der Waals surface area contributed by atoms with E-state index in [0.29, 0.717) is 18.8 Å². The van der Waals surface area contributed by atoms with Gasteiger partial charge in [0.05, 0.1) is 18.8 Å². The Morgan fingerprint density at radius 3 is 2.75 bits per heavy atom. The number of hydrogen-bond acceptors (Lipinski definition) is 4. The molecule has 0 atom stereocenters. The Morgan fingerprint density at radius 1 is 1.50 bits per heavy atom. The summed E-state index contributed by atoms with van der Waals surface area (Å²) < 4.78 is 5.84. The van der Waals surface area contributed by atoms with Crippen molar-refractivity contribution < 1.29 is 9.53 Å². The molecule has 1 aromatic carbocycles. The van der Waals surface area contributed by atoms with Crippen LogP contribution in [0.5, 0.6) is 0 Å². The maximum Gasteiger partial charge on any atom is 0.238 e. The Labute approximate surface area is 128 Å². The average molecular weight is 344 g/mol. The quantitative estimate of drug-likeness (QED) is 0.745. The molecule has 0 saturated heterocycles. The van der Waals surface area contributed by atoms with Gasteiger partial charge in [0.25, 0.3) is 0 Å². The first-order chi connectivity index (χ1) is 9.43. The molecule has 0 fully saturated rings. The minimum Gasteiger partial charge on any atom is -0.399 e. The number of nitrogens with one attached hydrogen (secondary N) is 1. The molecule has 0 spiro atoms. The fourth-order valence-corrected chi connectivity index (χ4v) is 2.23. The predicted molar refractivity (Wildman–Crippen MR) is 85.8 cm³/mol. The molecular weight excluding hydrogens is 322 g/mol. The van der Waals surface area contributed by atoms with Crippen molar-refractivity contribution >= 4 is 33.2 Å². The van der Waals surface area contributed by atoms with Crippen LogP contribution in [0.25, 0.3) is 0 Å². The number of rotatable bonds is 7. The summed E-state index contributed by atoms with van der Waals surface area (Å²) in [7, 11) is 1.66. The van der Waals surface area contributed by atoms with E-state index in [1.165, 1.54) is 0 Å². The largest absolute Gasteiger partial charge is 0.399 e. The van der Waals surface area contributed by atoms with Crippen molar-refractivity contribution in [2.75, 3.05) is 37.9 Å². The van der Waals surface area contributed by atoms with E-state index in [4.69, 9.17) is 10.5 Å². The van der Waals surface area contributed by atoms with Crippen molar-refractivity contribution in [3.8, 4) is 0 Å². The zero-order valence-electron chi connectivity index (χ0n) is 12.1. The second kappa shape index (κ2) is 8.24. The number of benzene rings is 1. The van der Waals surface area contributed by atoms with E-state index < -0.39 is 0 Å². The van der Waals surface area contributed by atoms with Gasteiger partial charge >= 0.3 is 0 Å². The zero-order valence-corrected chi connectivity index (χ0v) is 13.7. The molecule has 0 aliphatic carbocycles. The van der Waals surface area contributed by atoms with Crippen molar-refractivity contribution in [1.29, 1.82) is 0 Å². The van der Waals surface area contributed by atoms with E-state index >= 15 is 0 Å². The number of nitrogens with two attached hydrogens (primary N) is 1. The van der Waals surface area contributed by atoms with Crippen LogP contribution in [0.3, 0.4) is 0 Å². The second-order valence-corrected chi connectivity index (χ2v) is 5.70. The summed E-state index contributed by atoms with van der Waals surface area (Å²) >= 11 is 3.38. The lowest BCUT2D eigenvalue weighted by Gasteiger charge is -2.25. The van der Waals surface area contributed by atoms with E-state index in [0.717, 1.165) is 16.7 Å². The molecule has 0 aromatic heterocycles. The number of amides is 1. The number of nitrogen functional groups attached to an aromatic ring is 1. The van der Waals surface area contributed by atoms with Gasteiger partial charge in [0.2, 0.25) is 5.91 Å². The predicted octanol–water partition coefficient (Wildman–Crippen LogP) is 2.33. The van der Waals surface area contributed by atoms with Gasteiger partial charge in [-0.25, -0.2) is 0 Å². The summed E-state index contributed by atoms with van der Waals surface area (Å²) in [6, 6.07) is 5.59. The van der Waals surface area contributed by atoms with E-state index in [9.17, 15) is 4.79 Å². The molecule has 5 nitrogen and oxygen atoms in total. The molecular formula is C14H22BrN3O2. The van der Waals surface area contributed by atoms with Crippen LogP contribution in [0.4, 0.5) is 11.4 Å². The van der Waals surface area contributed by atoms with Gasteiger partial charge in [0, 0.05) is 29.9 Å². The molecule has 1 amide bonds. The van der Waals surface area contributed by atoms with Crippen LogP contribution in [-0.4, -0.2) is 43.7 Å². The first-order valence-corrected chi connectivity index (χ1v) is 7.31.